The van der Waals surface area contributed by atoms with Gasteiger partial charge in [-0.3, -0.25) is 0 Å². The van der Waals surface area contributed by atoms with Gasteiger partial charge < -0.3 is 14.8 Å². The quantitative estimate of drug-likeness (QED) is 0.683. The summed E-state index contributed by atoms with van der Waals surface area (Å²) in [5.74, 6) is 0. The van der Waals surface area contributed by atoms with Crippen LogP contribution in [0.1, 0.15) is 19.0 Å². The van der Waals surface area contributed by atoms with Crippen molar-refractivity contribution in [1.82, 2.24) is 4.98 Å². The lowest BCUT2D eigenvalue weighted by molar-refractivity contribution is 0.0841. The number of rotatable bonds is 4. The summed E-state index contributed by atoms with van der Waals surface area (Å²) < 4.78 is 5.29. The molecule has 3 heteroatoms. The summed E-state index contributed by atoms with van der Waals surface area (Å²) in [7, 11) is 0. The van der Waals surface area contributed by atoms with Crippen LogP contribution in [0.25, 0.3) is 0 Å². The third-order valence-corrected chi connectivity index (χ3v) is 2.76. The molecule has 1 fully saturated rings. The Morgan fingerprint density at radius 3 is 3.00 bits per heavy atom. The first-order valence-electron chi connectivity index (χ1n) is 4.67. The van der Waals surface area contributed by atoms with Crippen molar-refractivity contribution < 1.29 is 9.84 Å². The molecule has 2 heterocycles. The molecule has 1 aromatic rings. The Kier molecular flexibility index (Phi) is 2.14. The monoisotopic (exact) mass is 181 g/mol. The zero-order valence-corrected chi connectivity index (χ0v) is 7.79. The molecular formula is C10H15NO2. The van der Waals surface area contributed by atoms with Crippen LogP contribution >= 0.6 is 0 Å². The fraction of sp³-hybridized carbons (Fsp3) is 0.600. The molecule has 2 N–H and O–H groups in total. The molecule has 1 aliphatic rings. The normalized spacial score (nSPS) is 28.8. The molecular weight excluding hydrogens is 166 g/mol. The van der Waals surface area contributed by atoms with Crippen LogP contribution in [0.15, 0.2) is 18.3 Å². The number of aliphatic hydroxyl groups excluding tert-OH is 1. The van der Waals surface area contributed by atoms with Gasteiger partial charge in [-0.25, -0.2) is 0 Å². The predicted molar refractivity (Wildman–Crippen MR) is 49.5 cm³/mol. The number of hydrogen-bond acceptors (Lipinski definition) is 2. The Morgan fingerprint density at radius 2 is 2.54 bits per heavy atom. The highest BCUT2D eigenvalue weighted by atomic mass is 16.6. The molecule has 0 spiro atoms. The van der Waals surface area contributed by atoms with E-state index >= 15 is 0 Å². The molecule has 2 atom stereocenters. The van der Waals surface area contributed by atoms with E-state index in [9.17, 15) is 5.11 Å². The van der Waals surface area contributed by atoms with Crippen molar-refractivity contribution in [2.24, 2.45) is 0 Å². The minimum atomic E-state index is -0.359. The molecule has 3 nitrogen and oxygen atoms in total. The third-order valence-electron chi connectivity index (χ3n) is 2.76. The van der Waals surface area contributed by atoms with Gasteiger partial charge in [0, 0.05) is 11.9 Å². The van der Waals surface area contributed by atoms with Crippen LogP contribution in [0.3, 0.4) is 0 Å². The molecule has 2 rings (SSSR count). The van der Waals surface area contributed by atoms with Gasteiger partial charge in [-0.05, 0) is 31.9 Å². The molecule has 0 amide bonds. The van der Waals surface area contributed by atoms with Crippen molar-refractivity contribution in [3.63, 3.8) is 0 Å². The predicted octanol–water partition coefficient (Wildman–Crippen LogP) is 1.10. The van der Waals surface area contributed by atoms with Crippen LogP contribution in [0.2, 0.25) is 0 Å². The van der Waals surface area contributed by atoms with Crippen LogP contribution in [-0.2, 0) is 11.2 Å². The topological polar surface area (TPSA) is 48.5 Å². The van der Waals surface area contributed by atoms with Crippen LogP contribution in [0, 0.1) is 0 Å². The number of aryl methyl sites for hydroxylation is 1. The van der Waals surface area contributed by atoms with E-state index in [0.29, 0.717) is 6.61 Å². The first-order chi connectivity index (χ1) is 6.23. The second kappa shape index (κ2) is 3.16. The molecule has 1 saturated heterocycles. The summed E-state index contributed by atoms with van der Waals surface area (Å²) in [5.41, 5.74) is 0.959. The van der Waals surface area contributed by atoms with Crippen molar-refractivity contribution in [3.8, 4) is 0 Å². The SMILES string of the molecule is CC(O)C1(CCc2ccc[nH]2)CO1. The highest BCUT2D eigenvalue weighted by Crippen LogP contribution is 2.35. The lowest BCUT2D eigenvalue weighted by Gasteiger charge is -2.13. The fourth-order valence-electron chi connectivity index (χ4n) is 1.56. The van der Waals surface area contributed by atoms with E-state index in [2.05, 4.69) is 11.1 Å². The Balaban J connectivity index is 1.86. The van der Waals surface area contributed by atoms with Gasteiger partial charge in [0.2, 0.25) is 0 Å². The molecule has 0 aromatic carbocycles. The number of H-pyrrole nitrogens is 1. The summed E-state index contributed by atoms with van der Waals surface area (Å²) >= 11 is 0. The number of aliphatic hydroxyl groups is 1. The van der Waals surface area contributed by atoms with E-state index in [-0.39, 0.29) is 11.7 Å². The average molecular weight is 181 g/mol. The molecule has 2 unspecified atom stereocenters. The summed E-state index contributed by atoms with van der Waals surface area (Å²) in [5, 5.41) is 9.44. The van der Waals surface area contributed by atoms with Crippen LogP contribution in [-0.4, -0.2) is 28.4 Å². The Hall–Kier alpha value is -0.800. The Morgan fingerprint density at radius 1 is 1.77 bits per heavy atom. The van der Waals surface area contributed by atoms with Gasteiger partial charge in [-0.1, -0.05) is 0 Å². The summed E-state index contributed by atoms with van der Waals surface area (Å²) in [6.45, 7) is 2.49. The first kappa shape index (κ1) is 8.78. The number of hydrogen-bond donors (Lipinski definition) is 2. The number of aromatic amines is 1. The van der Waals surface area contributed by atoms with Gasteiger partial charge >= 0.3 is 0 Å². The minimum absolute atomic E-state index is 0.245. The fourth-order valence-corrected chi connectivity index (χ4v) is 1.56. The lowest BCUT2D eigenvalue weighted by Crippen LogP contribution is -2.27. The van der Waals surface area contributed by atoms with Crippen LogP contribution in [0.5, 0.6) is 0 Å². The van der Waals surface area contributed by atoms with Gasteiger partial charge in [0.1, 0.15) is 5.60 Å². The maximum atomic E-state index is 9.44. The van der Waals surface area contributed by atoms with Crippen molar-refractivity contribution in [1.29, 1.82) is 0 Å². The zero-order valence-electron chi connectivity index (χ0n) is 7.79. The van der Waals surface area contributed by atoms with Crippen molar-refractivity contribution >= 4 is 0 Å². The van der Waals surface area contributed by atoms with Crippen LogP contribution in [0.4, 0.5) is 0 Å². The molecule has 0 aliphatic carbocycles. The highest BCUT2D eigenvalue weighted by molar-refractivity contribution is 5.07. The lowest BCUT2D eigenvalue weighted by atomic mass is 9.98. The molecule has 72 valence electrons. The van der Waals surface area contributed by atoms with Gasteiger partial charge in [-0.15, -0.1) is 0 Å². The second-order valence-electron chi connectivity index (χ2n) is 3.72. The molecule has 0 bridgehead atoms. The second-order valence-corrected chi connectivity index (χ2v) is 3.72. The maximum absolute atomic E-state index is 9.44. The van der Waals surface area contributed by atoms with Gasteiger partial charge in [0.25, 0.3) is 0 Å². The van der Waals surface area contributed by atoms with E-state index in [0.717, 1.165) is 12.8 Å². The number of ether oxygens (including phenoxy) is 1. The number of epoxide rings is 1. The largest absolute Gasteiger partial charge is 0.390 e. The van der Waals surface area contributed by atoms with Crippen LogP contribution < -0.4 is 0 Å². The maximum Gasteiger partial charge on any atom is 0.117 e. The van der Waals surface area contributed by atoms with Gasteiger partial charge in [0.15, 0.2) is 0 Å². The average Bonchev–Trinajstić information content (AvgIpc) is 2.73. The summed E-state index contributed by atoms with van der Waals surface area (Å²) in [6, 6.07) is 4.04. The summed E-state index contributed by atoms with van der Waals surface area (Å²) in [6.07, 6.45) is 3.39. The Labute approximate surface area is 77.7 Å². The van der Waals surface area contributed by atoms with E-state index < -0.39 is 0 Å². The van der Waals surface area contributed by atoms with E-state index in [4.69, 9.17) is 4.74 Å². The molecule has 13 heavy (non-hydrogen) atoms. The first-order valence-corrected chi connectivity index (χ1v) is 4.67. The Bertz CT molecular complexity index is 262. The smallest absolute Gasteiger partial charge is 0.117 e. The minimum Gasteiger partial charge on any atom is -0.390 e. The van der Waals surface area contributed by atoms with Gasteiger partial charge in [0.05, 0.1) is 12.7 Å². The van der Waals surface area contributed by atoms with Gasteiger partial charge in [-0.2, -0.15) is 0 Å². The highest BCUT2D eigenvalue weighted by Gasteiger charge is 2.48. The number of aromatic nitrogens is 1. The molecule has 0 saturated carbocycles. The summed E-state index contributed by atoms with van der Waals surface area (Å²) in [4.78, 5) is 3.14. The zero-order chi connectivity index (χ0) is 9.31. The van der Waals surface area contributed by atoms with Crippen molar-refractivity contribution in [2.75, 3.05) is 6.61 Å². The standard InChI is InChI=1S/C10H15NO2/c1-8(12)10(7-13-10)5-4-9-3-2-6-11-9/h2-3,6,8,11-12H,4-5,7H2,1H3. The van der Waals surface area contributed by atoms with Crippen molar-refractivity contribution in [2.45, 2.75) is 31.5 Å². The third kappa shape index (κ3) is 1.76. The molecule has 1 aromatic heterocycles. The number of nitrogens with one attached hydrogen (secondary N) is 1. The van der Waals surface area contributed by atoms with Crippen molar-refractivity contribution in [3.05, 3.63) is 24.0 Å². The van der Waals surface area contributed by atoms with E-state index in [1.54, 1.807) is 6.92 Å². The molecule has 0 radical (unpaired) electrons. The molecule has 1 aliphatic heterocycles. The van der Waals surface area contributed by atoms with E-state index in [1.807, 2.05) is 12.3 Å². The van der Waals surface area contributed by atoms with E-state index in [1.165, 1.54) is 5.69 Å².